The smallest absolute Gasteiger partial charge is 0.310 e. The molecule has 1 aliphatic carbocycles. The summed E-state index contributed by atoms with van der Waals surface area (Å²) in [5.41, 5.74) is -0.147. The number of carbonyl (C=O) groups excluding carboxylic acids is 1. The van der Waals surface area contributed by atoms with E-state index in [1.807, 2.05) is 6.92 Å². The highest BCUT2D eigenvalue weighted by molar-refractivity contribution is 5.82. The SMILES string of the molecule is CCNC(=NCC1(C)CCCCC1O)N1CC(C)C(C(=O)OC)C1. The molecule has 0 radical (unpaired) electrons. The number of likely N-dealkylation sites (tertiary alicyclic amines) is 1. The number of aliphatic imine (C=N–C) groups is 1. The average molecular weight is 339 g/mol. The number of methoxy groups -OCH3 is 1. The van der Waals surface area contributed by atoms with Gasteiger partial charge in [0, 0.05) is 25.0 Å². The normalized spacial score (nSPS) is 34.3. The molecular formula is C18H33N3O3. The van der Waals surface area contributed by atoms with Gasteiger partial charge in [-0.2, -0.15) is 0 Å². The minimum absolute atomic E-state index is 0.102. The Labute approximate surface area is 145 Å². The third-order valence-electron chi connectivity index (χ3n) is 5.62. The fourth-order valence-corrected chi connectivity index (χ4v) is 3.85. The van der Waals surface area contributed by atoms with Gasteiger partial charge >= 0.3 is 5.97 Å². The van der Waals surface area contributed by atoms with Crippen molar-refractivity contribution in [3.63, 3.8) is 0 Å². The molecule has 138 valence electrons. The van der Waals surface area contributed by atoms with Crippen LogP contribution in [0.15, 0.2) is 4.99 Å². The van der Waals surface area contributed by atoms with Crippen LogP contribution in [0.25, 0.3) is 0 Å². The zero-order chi connectivity index (χ0) is 17.7. The van der Waals surface area contributed by atoms with E-state index in [9.17, 15) is 9.90 Å². The van der Waals surface area contributed by atoms with Crippen molar-refractivity contribution in [2.24, 2.45) is 22.2 Å². The molecule has 0 spiro atoms. The molecule has 1 aliphatic heterocycles. The molecular weight excluding hydrogens is 306 g/mol. The van der Waals surface area contributed by atoms with Crippen LogP contribution in [0.5, 0.6) is 0 Å². The van der Waals surface area contributed by atoms with Gasteiger partial charge < -0.3 is 20.1 Å². The molecule has 0 bridgehead atoms. The van der Waals surface area contributed by atoms with E-state index in [1.54, 1.807) is 0 Å². The summed E-state index contributed by atoms with van der Waals surface area (Å²) in [5, 5.41) is 13.7. The molecule has 1 saturated carbocycles. The lowest BCUT2D eigenvalue weighted by Gasteiger charge is -2.37. The minimum Gasteiger partial charge on any atom is -0.469 e. The van der Waals surface area contributed by atoms with E-state index in [4.69, 9.17) is 9.73 Å². The Balaban J connectivity index is 2.07. The molecule has 6 nitrogen and oxygen atoms in total. The quantitative estimate of drug-likeness (QED) is 0.463. The Hall–Kier alpha value is -1.30. The average Bonchev–Trinajstić information content (AvgIpc) is 2.95. The van der Waals surface area contributed by atoms with Gasteiger partial charge in [-0.05, 0) is 25.7 Å². The first-order valence-electron chi connectivity index (χ1n) is 9.20. The van der Waals surface area contributed by atoms with Crippen LogP contribution < -0.4 is 5.32 Å². The fourth-order valence-electron chi connectivity index (χ4n) is 3.85. The van der Waals surface area contributed by atoms with Gasteiger partial charge in [0.05, 0.1) is 25.7 Å². The van der Waals surface area contributed by atoms with Gasteiger partial charge in [0.25, 0.3) is 0 Å². The van der Waals surface area contributed by atoms with E-state index in [0.29, 0.717) is 13.1 Å². The van der Waals surface area contributed by atoms with Crippen LogP contribution in [-0.4, -0.2) is 61.3 Å². The van der Waals surface area contributed by atoms with Crippen molar-refractivity contribution >= 4 is 11.9 Å². The second-order valence-corrected chi connectivity index (χ2v) is 7.60. The zero-order valence-corrected chi connectivity index (χ0v) is 15.5. The lowest BCUT2D eigenvalue weighted by atomic mass is 9.73. The molecule has 2 N–H and O–H groups in total. The number of hydrogen-bond donors (Lipinski definition) is 2. The monoisotopic (exact) mass is 339 g/mol. The number of hydrogen-bond acceptors (Lipinski definition) is 4. The summed E-state index contributed by atoms with van der Waals surface area (Å²) < 4.78 is 4.92. The van der Waals surface area contributed by atoms with Gasteiger partial charge in [-0.25, -0.2) is 0 Å². The summed E-state index contributed by atoms with van der Waals surface area (Å²) in [5.74, 6) is 0.845. The highest BCUT2D eigenvalue weighted by Gasteiger charge is 2.38. The molecule has 0 aromatic heterocycles. The lowest BCUT2D eigenvalue weighted by molar-refractivity contribution is -0.145. The van der Waals surface area contributed by atoms with Crippen molar-refractivity contribution in [2.45, 2.75) is 52.6 Å². The predicted molar refractivity (Wildman–Crippen MR) is 94.8 cm³/mol. The molecule has 4 atom stereocenters. The maximum atomic E-state index is 11.9. The number of carbonyl (C=O) groups is 1. The Bertz CT molecular complexity index is 468. The number of ether oxygens (including phenoxy) is 1. The highest BCUT2D eigenvalue weighted by Crippen LogP contribution is 2.36. The van der Waals surface area contributed by atoms with Crippen LogP contribution >= 0.6 is 0 Å². The zero-order valence-electron chi connectivity index (χ0n) is 15.5. The van der Waals surface area contributed by atoms with Gasteiger partial charge in [0.2, 0.25) is 0 Å². The third kappa shape index (κ3) is 4.21. The molecule has 4 unspecified atom stereocenters. The molecule has 2 rings (SSSR count). The van der Waals surface area contributed by atoms with Crippen LogP contribution in [0.4, 0.5) is 0 Å². The van der Waals surface area contributed by atoms with Crippen molar-refractivity contribution < 1.29 is 14.6 Å². The van der Waals surface area contributed by atoms with Gasteiger partial charge in [-0.1, -0.05) is 26.7 Å². The predicted octanol–water partition coefficient (Wildman–Crippen LogP) is 1.63. The molecule has 1 heterocycles. The second-order valence-electron chi connectivity index (χ2n) is 7.60. The van der Waals surface area contributed by atoms with Crippen molar-refractivity contribution in [2.75, 3.05) is 33.3 Å². The number of nitrogens with zero attached hydrogens (tertiary/aromatic N) is 2. The van der Waals surface area contributed by atoms with Crippen molar-refractivity contribution in [3.05, 3.63) is 0 Å². The molecule has 6 heteroatoms. The first-order valence-corrected chi connectivity index (χ1v) is 9.20. The molecule has 2 aliphatic rings. The summed E-state index contributed by atoms with van der Waals surface area (Å²) in [4.78, 5) is 18.9. The summed E-state index contributed by atoms with van der Waals surface area (Å²) in [6.07, 6.45) is 3.86. The van der Waals surface area contributed by atoms with E-state index in [1.165, 1.54) is 7.11 Å². The molecule has 0 aromatic rings. The number of esters is 1. The van der Waals surface area contributed by atoms with E-state index >= 15 is 0 Å². The highest BCUT2D eigenvalue weighted by atomic mass is 16.5. The van der Waals surface area contributed by atoms with Crippen LogP contribution in [0.2, 0.25) is 0 Å². The maximum absolute atomic E-state index is 11.9. The number of rotatable bonds is 4. The summed E-state index contributed by atoms with van der Waals surface area (Å²) in [7, 11) is 1.45. The van der Waals surface area contributed by atoms with Crippen LogP contribution in [-0.2, 0) is 9.53 Å². The minimum atomic E-state index is -0.279. The molecule has 24 heavy (non-hydrogen) atoms. The van der Waals surface area contributed by atoms with E-state index in [-0.39, 0.29) is 29.3 Å². The van der Waals surface area contributed by atoms with Crippen LogP contribution in [0.3, 0.4) is 0 Å². The van der Waals surface area contributed by atoms with Crippen molar-refractivity contribution in [1.29, 1.82) is 0 Å². The first kappa shape index (κ1) is 19.0. The Morgan fingerprint density at radius 1 is 1.42 bits per heavy atom. The summed E-state index contributed by atoms with van der Waals surface area (Å²) in [6.45, 7) is 9.09. The number of guanidine groups is 1. The van der Waals surface area contributed by atoms with Crippen molar-refractivity contribution in [3.8, 4) is 0 Å². The number of aliphatic hydroxyl groups excluding tert-OH is 1. The maximum Gasteiger partial charge on any atom is 0.310 e. The number of nitrogens with one attached hydrogen (secondary N) is 1. The molecule has 0 aromatic carbocycles. The number of aliphatic hydroxyl groups is 1. The lowest BCUT2D eigenvalue weighted by Crippen LogP contribution is -2.43. The van der Waals surface area contributed by atoms with Gasteiger partial charge in [0.15, 0.2) is 5.96 Å². The van der Waals surface area contributed by atoms with Gasteiger partial charge in [-0.15, -0.1) is 0 Å². The third-order valence-corrected chi connectivity index (χ3v) is 5.62. The molecule has 1 saturated heterocycles. The first-order chi connectivity index (χ1) is 11.4. The topological polar surface area (TPSA) is 74.2 Å². The Morgan fingerprint density at radius 2 is 2.17 bits per heavy atom. The van der Waals surface area contributed by atoms with Crippen LogP contribution in [0, 0.1) is 17.3 Å². The molecule has 0 amide bonds. The fraction of sp³-hybridized carbons (Fsp3) is 0.889. The second kappa shape index (κ2) is 8.19. The Kier molecular flexibility index (Phi) is 6.49. The van der Waals surface area contributed by atoms with E-state index in [2.05, 4.69) is 24.1 Å². The Morgan fingerprint density at radius 3 is 2.79 bits per heavy atom. The van der Waals surface area contributed by atoms with E-state index in [0.717, 1.165) is 44.7 Å². The summed E-state index contributed by atoms with van der Waals surface area (Å²) >= 11 is 0. The summed E-state index contributed by atoms with van der Waals surface area (Å²) in [6, 6.07) is 0. The van der Waals surface area contributed by atoms with Gasteiger partial charge in [-0.3, -0.25) is 9.79 Å². The molecule has 2 fully saturated rings. The largest absolute Gasteiger partial charge is 0.469 e. The van der Waals surface area contributed by atoms with Crippen molar-refractivity contribution in [1.82, 2.24) is 10.2 Å². The van der Waals surface area contributed by atoms with Gasteiger partial charge in [0.1, 0.15) is 0 Å². The standard InChI is InChI=1S/C18H33N3O3/c1-5-19-17(20-12-18(3)9-7-6-8-15(18)22)21-10-13(2)14(11-21)16(23)24-4/h13-15,22H,5-12H2,1-4H3,(H,19,20). The van der Waals surface area contributed by atoms with Crippen LogP contribution in [0.1, 0.15) is 46.5 Å². The van der Waals surface area contributed by atoms with E-state index < -0.39 is 0 Å².